The average molecular weight is 266 g/mol. The molecule has 0 atom stereocenters. The number of nitrogens with zero attached hydrogens (tertiary/aromatic N) is 1. The predicted octanol–water partition coefficient (Wildman–Crippen LogP) is 3.94. The van der Waals surface area contributed by atoms with Crippen LogP contribution < -0.4 is 5.73 Å². The van der Waals surface area contributed by atoms with Crippen LogP contribution in [-0.2, 0) is 0 Å². The summed E-state index contributed by atoms with van der Waals surface area (Å²) in [6.45, 7) is 6.73. The van der Waals surface area contributed by atoms with Crippen molar-refractivity contribution in [1.29, 1.82) is 0 Å². The molecule has 0 radical (unpaired) electrons. The van der Waals surface area contributed by atoms with Crippen molar-refractivity contribution < 1.29 is 0 Å². The second-order valence-electron chi connectivity index (χ2n) is 6.88. The van der Waals surface area contributed by atoms with Crippen LogP contribution in [0.2, 0.25) is 0 Å². The minimum Gasteiger partial charge on any atom is -0.329 e. The highest BCUT2D eigenvalue weighted by Gasteiger charge is 2.41. The Balaban J connectivity index is 2.00. The van der Waals surface area contributed by atoms with E-state index >= 15 is 0 Å². The van der Waals surface area contributed by atoms with Crippen molar-refractivity contribution in [2.45, 2.75) is 89.6 Å². The fraction of sp³-hybridized carbons (Fsp3) is 1.00. The van der Waals surface area contributed by atoms with E-state index in [0.717, 1.165) is 18.5 Å². The summed E-state index contributed by atoms with van der Waals surface area (Å²) in [5, 5.41) is 0. The molecule has 2 aliphatic carbocycles. The quantitative estimate of drug-likeness (QED) is 0.789. The third-order valence-electron chi connectivity index (χ3n) is 5.83. The molecule has 0 amide bonds. The van der Waals surface area contributed by atoms with Gasteiger partial charge in [-0.3, -0.25) is 4.90 Å². The Morgan fingerprint density at radius 1 is 1.05 bits per heavy atom. The van der Waals surface area contributed by atoms with Crippen LogP contribution in [0.1, 0.15) is 78.1 Å². The minimum atomic E-state index is 0.341. The van der Waals surface area contributed by atoms with E-state index < -0.39 is 0 Å². The van der Waals surface area contributed by atoms with Crippen LogP contribution in [0.15, 0.2) is 0 Å². The lowest BCUT2D eigenvalue weighted by Crippen LogP contribution is -2.58. The molecule has 0 spiro atoms. The smallest absolute Gasteiger partial charge is 0.0334 e. The molecule has 2 aliphatic rings. The van der Waals surface area contributed by atoms with Gasteiger partial charge >= 0.3 is 0 Å². The zero-order valence-corrected chi connectivity index (χ0v) is 13.2. The van der Waals surface area contributed by atoms with Gasteiger partial charge in [0, 0.05) is 18.1 Å². The Morgan fingerprint density at radius 3 is 2.16 bits per heavy atom. The molecule has 0 heterocycles. The molecule has 0 aromatic carbocycles. The Hall–Kier alpha value is -0.0800. The van der Waals surface area contributed by atoms with E-state index in [1.165, 1.54) is 70.8 Å². The largest absolute Gasteiger partial charge is 0.329 e. The molecule has 0 bridgehead atoms. The van der Waals surface area contributed by atoms with Gasteiger partial charge in [-0.25, -0.2) is 0 Å². The molecule has 112 valence electrons. The highest BCUT2D eigenvalue weighted by molar-refractivity contribution is 4.98. The van der Waals surface area contributed by atoms with Crippen LogP contribution in [0, 0.1) is 5.92 Å². The van der Waals surface area contributed by atoms with E-state index in [4.69, 9.17) is 5.73 Å². The van der Waals surface area contributed by atoms with Gasteiger partial charge in [0.05, 0.1) is 0 Å². The maximum Gasteiger partial charge on any atom is 0.0334 e. The summed E-state index contributed by atoms with van der Waals surface area (Å²) in [6, 6.07) is 0.830. The van der Waals surface area contributed by atoms with Crippen LogP contribution >= 0.6 is 0 Å². The third kappa shape index (κ3) is 3.33. The molecule has 2 heteroatoms. The lowest BCUT2D eigenvalue weighted by Gasteiger charge is -2.50. The number of likely N-dealkylation sites (N-methyl/N-ethyl adjacent to an activating group) is 1. The third-order valence-corrected chi connectivity index (χ3v) is 5.83. The molecule has 2 nitrogen and oxygen atoms in total. The van der Waals surface area contributed by atoms with Gasteiger partial charge in [0.1, 0.15) is 0 Å². The summed E-state index contributed by atoms with van der Waals surface area (Å²) in [6.07, 6.45) is 14.0. The van der Waals surface area contributed by atoms with Crippen molar-refractivity contribution in [3.8, 4) is 0 Å². The molecular weight excluding hydrogens is 232 g/mol. The molecule has 0 aromatic rings. The summed E-state index contributed by atoms with van der Waals surface area (Å²) in [4.78, 5) is 2.81. The first-order valence-electron chi connectivity index (χ1n) is 8.72. The number of hydrogen-bond acceptors (Lipinski definition) is 2. The Morgan fingerprint density at radius 2 is 1.68 bits per heavy atom. The Bertz CT molecular complexity index is 250. The molecule has 2 rings (SSSR count). The standard InChI is InChI=1S/C17H34N2/c1-3-7-15-10-12-17(14-18,13-11-15)19(4-2)16-8-5-6-9-16/h15-16H,3-14,18H2,1-2H3. The molecule has 19 heavy (non-hydrogen) atoms. The number of nitrogens with two attached hydrogens (primary N) is 1. The Labute approximate surface area is 120 Å². The summed E-state index contributed by atoms with van der Waals surface area (Å²) in [7, 11) is 0. The molecule has 2 N–H and O–H groups in total. The van der Waals surface area contributed by atoms with E-state index in [-0.39, 0.29) is 0 Å². The maximum atomic E-state index is 6.26. The topological polar surface area (TPSA) is 29.3 Å². The van der Waals surface area contributed by atoms with Gasteiger partial charge < -0.3 is 5.73 Å². The molecular formula is C17H34N2. The second-order valence-corrected chi connectivity index (χ2v) is 6.88. The average Bonchev–Trinajstić information content (AvgIpc) is 2.96. The molecule has 0 aromatic heterocycles. The summed E-state index contributed by atoms with van der Waals surface area (Å²) in [5.74, 6) is 0.979. The summed E-state index contributed by atoms with van der Waals surface area (Å²) in [5.41, 5.74) is 6.60. The van der Waals surface area contributed by atoms with Crippen LogP contribution in [-0.4, -0.2) is 29.6 Å². The van der Waals surface area contributed by atoms with Crippen molar-refractivity contribution in [2.24, 2.45) is 11.7 Å². The van der Waals surface area contributed by atoms with Crippen LogP contribution in [0.25, 0.3) is 0 Å². The lowest BCUT2D eigenvalue weighted by atomic mass is 9.73. The van der Waals surface area contributed by atoms with Crippen LogP contribution in [0.5, 0.6) is 0 Å². The minimum absolute atomic E-state index is 0.341. The van der Waals surface area contributed by atoms with E-state index in [2.05, 4.69) is 18.7 Å². The van der Waals surface area contributed by atoms with E-state index in [9.17, 15) is 0 Å². The van der Waals surface area contributed by atoms with E-state index in [1.807, 2.05) is 0 Å². The zero-order valence-electron chi connectivity index (χ0n) is 13.2. The number of rotatable bonds is 6. The SMILES string of the molecule is CCCC1CCC(CN)(N(CC)C2CCCC2)CC1. The fourth-order valence-corrected chi connectivity index (χ4v) is 4.72. The zero-order chi connectivity index (χ0) is 13.7. The first-order chi connectivity index (χ1) is 9.25. The summed E-state index contributed by atoms with van der Waals surface area (Å²) >= 11 is 0. The molecule has 0 saturated heterocycles. The highest BCUT2D eigenvalue weighted by atomic mass is 15.2. The van der Waals surface area contributed by atoms with Gasteiger partial charge in [-0.1, -0.05) is 39.5 Å². The van der Waals surface area contributed by atoms with E-state index in [1.54, 1.807) is 0 Å². The first kappa shape index (κ1) is 15.3. The molecule has 2 saturated carbocycles. The summed E-state index contributed by atoms with van der Waals surface area (Å²) < 4.78 is 0. The van der Waals surface area contributed by atoms with Gasteiger partial charge in [-0.15, -0.1) is 0 Å². The van der Waals surface area contributed by atoms with Gasteiger partial charge in [0.2, 0.25) is 0 Å². The monoisotopic (exact) mass is 266 g/mol. The second kappa shape index (κ2) is 7.08. The molecule has 0 aliphatic heterocycles. The van der Waals surface area contributed by atoms with E-state index in [0.29, 0.717) is 5.54 Å². The first-order valence-corrected chi connectivity index (χ1v) is 8.72. The number of hydrogen-bond donors (Lipinski definition) is 1. The lowest BCUT2D eigenvalue weighted by molar-refractivity contribution is 0.0121. The van der Waals surface area contributed by atoms with Crippen molar-refractivity contribution in [1.82, 2.24) is 4.90 Å². The fourth-order valence-electron chi connectivity index (χ4n) is 4.72. The molecule has 2 fully saturated rings. The van der Waals surface area contributed by atoms with Crippen molar-refractivity contribution in [2.75, 3.05) is 13.1 Å². The molecule has 0 unspecified atom stereocenters. The van der Waals surface area contributed by atoms with Crippen LogP contribution in [0.3, 0.4) is 0 Å². The normalized spacial score (nSPS) is 33.2. The highest BCUT2D eigenvalue weighted by Crippen LogP contribution is 2.40. The predicted molar refractivity (Wildman–Crippen MR) is 83.3 cm³/mol. The van der Waals surface area contributed by atoms with Gasteiger partial charge in [0.25, 0.3) is 0 Å². The van der Waals surface area contributed by atoms with Crippen molar-refractivity contribution in [3.63, 3.8) is 0 Å². The maximum absolute atomic E-state index is 6.26. The van der Waals surface area contributed by atoms with Crippen LogP contribution in [0.4, 0.5) is 0 Å². The van der Waals surface area contributed by atoms with Gasteiger partial charge in [-0.2, -0.15) is 0 Å². The van der Waals surface area contributed by atoms with Gasteiger partial charge in [0.15, 0.2) is 0 Å². The van der Waals surface area contributed by atoms with Gasteiger partial charge in [-0.05, 0) is 51.0 Å². The van der Waals surface area contributed by atoms with Crippen molar-refractivity contribution >= 4 is 0 Å². The van der Waals surface area contributed by atoms with Crippen molar-refractivity contribution in [3.05, 3.63) is 0 Å². The Kier molecular flexibility index (Phi) is 5.70.